The van der Waals surface area contributed by atoms with Crippen LogP contribution in [-0.4, -0.2) is 11.9 Å². The average molecular weight is 470 g/mol. The number of amides is 1. The Labute approximate surface area is 211 Å². The van der Waals surface area contributed by atoms with Gasteiger partial charge >= 0.3 is 0 Å². The van der Waals surface area contributed by atoms with E-state index in [1.54, 1.807) is 51.4 Å². The van der Waals surface area contributed by atoms with E-state index in [0.29, 0.717) is 6.04 Å². The summed E-state index contributed by atoms with van der Waals surface area (Å²) in [7, 11) is 0. The van der Waals surface area contributed by atoms with Crippen molar-refractivity contribution in [2.45, 2.75) is 141 Å². The van der Waals surface area contributed by atoms with Gasteiger partial charge in [0, 0.05) is 6.04 Å². The first-order valence-electron chi connectivity index (χ1n) is 15.6. The molecule has 0 radical (unpaired) electrons. The van der Waals surface area contributed by atoms with Crippen LogP contribution in [0.25, 0.3) is 0 Å². The minimum absolute atomic E-state index is 0.00812. The van der Waals surface area contributed by atoms with Crippen molar-refractivity contribution in [1.29, 1.82) is 0 Å². The molecule has 2 nitrogen and oxygen atoms in total. The maximum atomic E-state index is 11.6. The van der Waals surface area contributed by atoms with Crippen LogP contribution in [0.15, 0.2) is 12.7 Å². The highest BCUT2D eigenvalue weighted by Crippen LogP contribution is 2.48. The van der Waals surface area contributed by atoms with Crippen LogP contribution in [0.5, 0.6) is 0 Å². The highest BCUT2D eigenvalue weighted by molar-refractivity contribution is 5.87. The second-order valence-corrected chi connectivity index (χ2v) is 13.0. The third-order valence-corrected chi connectivity index (χ3v) is 11.0. The number of nitrogens with one attached hydrogen (secondary N) is 1. The highest BCUT2D eigenvalue weighted by atomic mass is 16.1. The van der Waals surface area contributed by atoms with Gasteiger partial charge in [-0.15, -0.1) is 0 Å². The molecule has 0 bridgehead atoms. The monoisotopic (exact) mass is 469 g/mol. The molecule has 0 heterocycles. The normalized spacial score (nSPS) is 39.3. The van der Waals surface area contributed by atoms with Gasteiger partial charge < -0.3 is 5.32 Å². The quantitative estimate of drug-likeness (QED) is 0.265. The topological polar surface area (TPSA) is 29.1 Å². The molecule has 1 amide bonds. The molecule has 0 unspecified atom stereocenters. The molecule has 0 spiro atoms. The van der Waals surface area contributed by atoms with E-state index in [2.05, 4.69) is 18.8 Å². The van der Waals surface area contributed by atoms with Gasteiger partial charge in [0.15, 0.2) is 0 Å². The summed E-state index contributed by atoms with van der Waals surface area (Å²) >= 11 is 0. The zero-order valence-electron chi connectivity index (χ0n) is 22.5. The minimum Gasteiger partial charge on any atom is -0.350 e. The maximum Gasteiger partial charge on any atom is 0.243 e. The highest BCUT2D eigenvalue weighted by Gasteiger charge is 2.36. The fourth-order valence-corrected chi connectivity index (χ4v) is 8.80. The van der Waals surface area contributed by atoms with Crippen LogP contribution in [0.2, 0.25) is 0 Å². The fraction of sp³-hybridized carbons (Fsp3) is 0.906. The standard InChI is InChI=1S/C32H55NO/c1-3-5-6-7-24-8-10-25(11-9-24)26-12-14-27(15-13-26)28-16-18-29(19-17-28)30-20-22-31(23-21-30)33-32(34)4-2/h4,24-31H,2-3,5-23H2,1H3,(H,33,34). The van der Waals surface area contributed by atoms with Crippen LogP contribution in [-0.2, 0) is 4.79 Å². The Morgan fingerprint density at radius 1 is 0.647 bits per heavy atom. The lowest BCUT2D eigenvalue weighted by Gasteiger charge is -2.43. The van der Waals surface area contributed by atoms with E-state index in [1.807, 2.05) is 0 Å². The van der Waals surface area contributed by atoms with Gasteiger partial charge in [-0.1, -0.05) is 52.0 Å². The first kappa shape index (κ1) is 26.3. The molecule has 0 aromatic heterocycles. The second-order valence-electron chi connectivity index (χ2n) is 13.0. The zero-order chi connectivity index (χ0) is 23.8. The number of hydrogen-bond donors (Lipinski definition) is 1. The Morgan fingerprint density at radius 2 is 1.03 bits per heavy atom. The van der Waals surface area contributed by atoms with Crippen molar-refractivity contribution < 1.29 is 4.79 Å². The third-order valence-electron chi connectivity index (χ3n) is 11.0. The molecule has 0 saturated heterocycles. The third kappa shape index (κ3) is 7.36. The lowest BCUT2D eigenvalue weighted by molar-refractivity contribution is -0.117. The van der Waals surface area contributed by atoms with E-state index in [4.69, 9.17) is 0 Å². The number of carbonyl (C=O) groups excluding carboxylic acids is 1. The minimum atomic E-state index is 0.00812. The Kier molecular flexibility index (Phi) is 10.4. The number of unbranched alkanes of at least 4 members (excludes halogenated alkanes) is 2. The van der Waals surface area contributed by atoms with Crippen LogP contribution >= 0.6 is 0 Å². The summed E-state index contributed by atoms with van der Waals surface area (Å²) in [5, 5.41) is 3.12. The molecule has 1 N–H and O–H groups in total. The van der Waals surface area contributed by atoms with Crippen LogP contribution in [0.4, 0.5) is 0 Å². The predicted molar refractivity (Wildman–Crippen MR) is 145 cm³/mol. The molecule has 4 saturated carbocycles. The molecule has 4 aliphatic rings. The van der Waals surface area contributed by atoms with Crippen molar-refractivity contribution in [3.05, 3.63) is 12.7 Å². The summed E-state index contributed by atoms with van der Waals surface area (Å²) in [6.45, 7) is 5.92. The van der Waals surface area contributed by atoms with Gasteiger partial charge in [0.05, 0.1) is 0 Å². The van der Waals surface area contributed by atoms with Crippen molar-refractivity contribution >= 4 is 5.91 Å². The molecule has 2 heteroatoms. The van der Waals surface area contributed by atoms with Gasteiger partial charge in [0.1, 0.15) is 0 Å². The van der Waals surface area contributed by atoms with E-state index in [0.717, 1.165) is 41.4 Å². The van der Waals surface area contributed by atoms with Crippen LogP contribution < -0.4 is 5.32 Å². The lowest BCUT2D eigenvalue weighted by atomic mass is 9.63. The van der Waals surface area contributed by atoms with E-state index in [-0.39, 0.29) is 5.91 Å². The van der Waals surface area contributed by atoms with Crippen LogP contribution in [0.1, 0.15) is 135 Å². The van der Waals surface area contributed by atoms with Crippen molar-refractivity contribution in [3.63, 3.8) is 0 Å². The maximum absolute atomic E-state index is 11.6. The van der Waals surface area contributed by atoms with Gasteiger partial charge in [-0.05, 0) is 137 Å². The smallest absolute Gasteiger partial charge is 0.243 e. The van der Waals surface area contributed by atoms with E-state index < -0.39 is 0 Å². The Hall–Kier alpha value is -0.790. The molecule has 4 fully saturated rings. The number of carbonyl (C=O) groups is 1. The summed E-state index contributed by atoms with van der Waals surface area (Å²) in [6, 6.07) is 0.393. The average Bonchev–Trinajstić information content (AvgIpc) is 2.90. The van der Waals surface area contributed by atoms with Crippen LogP contribution in [0, 0.1) is 41.4 Å². The zero-order valence-corrected chi connectivity index (χ0v) is 22.5. The van der Waals surface area contributed by atoms with Gasteiger partial charge in [-0.25, -0.2) is 0 Å². The second kappa shape index (κ2) is 13.5. The Bertz CT molecular complexity index is 597. The van der Waals surface area contributed by atoms with Gasteiger partial charge in [0.25, 0.3) is 0 Å². The van der Waals surface area contributed by atoms with E-state index in [1.165, 1.54) is 83.1 Å². The molecule has 0 aliphatic heterocycles. The molecule has 34 heavy (non-hydrogen) atoms. The van der Waals surface area contributed by atoms with Crippen molar-refractivity contribution in [2.75, 3.05) is 0 Å². The summed E-state index contributed by atoms with van der Waals surface area (Å²) in [5.41, 5.74) is 0. The summed E-state index contributed by atoms with van der Waals surface area (Å²) in [4.78, 5) is 11.6. The molecule has 4 rings (SSSR count). The molecular weight excluding hydrogens is 414 g/mol. The molecular formula is C32H55NO. The lowest BCUT2D eigenvalue weighted by Crippen LogP contribution is -2.38. The van der Waals surface area contributed by atoms with Gasteiger partial charge in [0.2, 0.25) is 5.91 Å². The fourth-order valence-electron chi connectivity index (χ4n) is 8.80. The van der Waals surface area contributed by atoms with E-state index in [9.17, 15) is 4.79 Å². The number of hydrogen-bond acceptors (Lipinski definition) is 1. The molecule has 0 atom stereocenters. The summed E-state index contributed by atoms with van der Waals surface area (Å²) < 4.78 is 0. The molecule has 0 aromatic rings. The van der Waals surface area contributed by atoms with Crippen molar-refractivity contribution in [1.82, 2.24) is 5.32 Å². The first-order chi connectivity index (χ1) is 16.7. The van der Waals surface area contributed by atoms with E-state index >= 15 is 0 Å². The van der Waals surface area contributed by atoms with Crippen LogP contribution in [0.3, 0.4) is 0 Å². The van der Waals surface area contributed by atoms with Crippen molar-refractivity contribution in [2.24, 2.45) is 41.4 Å². The largest absolute Gasteiger partial charge is 0.350 e. The van der Waals surface area contributed by atoms with Gasteiger partial charge in [-0.2, -0.15) is 0 Å². The Balaban J connectivity index is 1.10. The van der Waals surface area contributed by atoms with Gasteiger partial charge in [-0.3, -0.25) is 4.79 Å². The molecule has 194 valence electrons. The SMILES string of the molecule is C=CC(=O)NC1CCC(C2CCC(C3CCC(C4CCC(CCCCC)CC4)CC3)CC2)CC1. The Morgan fingerprint density at radius 3 is 1.41 bits per heavy atom. The predicted octanol–water partition coefficient (Wildman–Crippen LogP) is 8.85. The summed E-state index contributed by atoms with van der Waals surface area (Å²) in [6.07, 6.45) is 30.6. The molecule has 0 aromatic carbocycles. The number of rotatable bonds is 9. The molecule has 4 aliphatic carbocycles. The summed E-state index contributed by atoms with van der Waals surface area (Å²) in [5.74, 6) is 7.19. The van der Waals surface area contributed by atoms with Crippen molar-refractivity contribution in [3.8, 4) is 0 Å². The first-order valence-corrected chi connectivity index (χ1v) is 15.6.